The fourth-order valence-electron chi connectivity index (χ4n) is 3.06. The van der Waals surface area contributed by atoms with E-state index >= 15 is 0 Å². The molecule has 0 saturated carbocycles. The van der Waals surface area contributed by atoms with E-state index < -0.39 is 5.60 Å². The lowest BCUT2D eigenvalue weighted by Crippen LogP contribution is -2.56. The Kier molecular flexibility index (Phi) is 3.97. The van der Waals surface area contributed by atoms with Gasteiger partial charge in [-0.1, -0.05) is 37.6 Å². The van der Waals surface area contributed by atoms with E-state index in [1.807, 2.05) is 24.3 Å². The lowest BCUT2D eigenvalue weighted by molar-refractivity contribution is -0.130. The van der Waals surface area contributed by atoms with Gasteiger partial charge in [0.1, 0.15) is 0 Å². The molecule has 2 nitrogen and oxygen atoms in total. The molecule has 1 saturated heterocycles. The molecular formula is C16H24ClNO. The maximum Gasteiger partial charge on any atom is 0.0971 e. The van der Waals surface area contributed by atoms with Crippen molar-refractivity contribution in [3.8, 4) is 0 Å². The standard InChI is InChI=1S/C16H24ClNO/c1-12(2)18-10-9-16(19,15(3,4)11-18)13-5-7-14(17)8-6-13/h5-8,12,19H,9-11H2,1-4H3. The van der Waals surface area contributed by atoms with Crippen LogP contribution in [-0.2, 0) is 5.60 Å². The molecule has 0 amide bonds. The number of rotatable bonds is 2. The van der Waals surface area contributed by atoms with Crippen LogP contribution in [0.2, 0.25) is 5.02 Å². The van der Waals surface area contributed by atoms with Gasteiger partial charge in [-0.05, 0) is 38.0 Å². The van der Waals surface area contributed by atoms with E-state index in [-0.39, 0.29) is 5.41 Å². The molecule has 0 aromatic heterocycles. The summed E-state index contributed by atoms with van der Waals surface area (Å²) in [4.78, 5) is 2.43. The summed E-state index contributed by atoms with van der Waals surface area (Å²) in [6, 6.07) is 8.15. The van der Waals surface area contributed by atoms with Crippen LogP contribution in [0.15, 0.2) is 24.3 Å². The quantitative estimate of drug-likeness (QED) is 0.894. The number of likely N-dealkylation sites (tertiary alicyclic amines) is 1. The molecule has 0 spiro atoms. The Hall–Kier alpha value is -0.570. The number of hydrogen-bond donors (Lipinski definition) is 1. The van der Waals surface area contributed by atoms with Crippen molar-refractivity contribution in [2.75, 3.05) is 13.1 Å². The fraction of sp³-hybridized carbons (Fsp3) is 0.625. The second-order valence-corrected chi connectivity index (χ2v) is 7.00. The van der Waals surface area contributed by atoms with Crippen molar-refractivity contribution < 1.29 is 5.11 Å². The highest BCUT2D eigenvalue weighted by molar-refractivity contribution is 6.30. The van der Waals surface area contributed by atoms with Crippen LogP contribution in [0.1, 0.15) is 39.7 Å². The highest BCUT2D eigenvalue weighted by Gasteiger charge is 2.48. The maximum atomic E-state index is 11.2. The summed E-state index contributed by atoms with van der Waals surface area (Å²) in [6.45, 7) is 10.6. The van der Waals surface area contributed by atoms with Crippen molar-refractivity contribution in [2.24, 2.45) is 5.41 Å². The Bertz CT molecular complexity index is 441. The molecule has 1 fully saturated rings. The molecular weight excluding hydrogens is 258 g/mol. The van der Waals surface area contributed by atoms with Gasteiger partial charge < -0.3 is 10.0 Å². The highest BCUT2D eigenvalue weighted by atomic mass is 35.5. The molecule has 1 N–H and O–H groups in total. The first kappa shape index (κ1) is 14.8. The second-order valence-electron chi connectivity index (χ2n) is 6.57. The lowest BCUT2D eigenvalue weighted by atomic mass is 9.66. The monoisotopic (exact) mass is 281 g/mol. The van der Waals surface area contributed by atoms with Crippen LogP contribution in [-0.4, -0.2) is 29.1 Å². The highest BCUT2D eigenvalue weighted by Crippen LogP contribution is 2.46. The normalized spacial score (nSPS) is 27.7. The van der Waals surface area contributed by atoms with Gasteiger partial charge in [0, 0.05) is 29.6 Å². The molecule has 1 aromatic carbocycles. The molecule has 1 aliphatic heterocycles. The van der Waals surface area contributed by atoms with Crippen molar-refractivity contribution >= 4 is 11.6 Å². The van der Waals surface area contributed by atoms with E-state index in [1.165, 1.54) is 0 Å². The smallest absolute Gasteiger partial charge is 0.0971 e. The number of benzene rings is 1. The largest absolute Gasteiger partial charge is 0.385 e. The van der Waals surface area contributed by atoms with Crippen molar-refractivity contribution in [3.63, 3.8) is 0 Å². The van der Waals surface area contributed by atoms with Gasteiger partial charge in [0.05, 0.1) is 5.60 Å². The summed E-state index contributed by atoms with van der Waals surface area (Å²) in [5.74, 6) is 0. The van der Waals surface area contributed by atoms with Gasteiger partial charge in [-0.25, -0.2) is 0 Å². The molecule has 1 aromatic rings. The molecule has 0 bridgehead atoms. The van der Waals surface area contributed by atoms with Crippen LogP contribution in [0.4, 0.5) is 0 Å². The Labute approximate surface area is 121 Å². The summed E-state index contributed by atoms with van der Waals surface area (Å²) in [6.07, 6.45) is 0.764. The first-order valence-electron chi connectivity index (χ1n) is 6.99. The molecule has 0 radical (unpaired) electrons. The molecule has 1 aliphatic rings. The predicted molar refractivity (Wildman–Crippen MR) is 80.5 cm³/mol. The zero-order valence-electron chi connectivity index (χ0n) is 12.3. The van der Waals surface area contributed by atoms with Gasteiger partial charge in [-0.3, -0.25) is 0 Å². The van der Waals surface area contributed by atoms with Gasteiger partial charge in [0.25, 0.3) is 0 Å². The topological polar surface area (TPSA) is 23.5 Å². The van der Waals surface area contributed by atoms with Crippen LogP contribution >= 0.6 is 11.6 Å². The van der Waals surface area contributed by atoms with Gasteiger partial charge in [0.2, 0.25) is 0 Å². The molecule has 106 valence electrons. The minimum atomic E-state index is -0.775. The average molecular weight is 282 g/mol. The Morgan fingerprint density at radius 2 is 1.79 bits per heavy atom. The molecule has 1 unspecified atom stereocenters. The summed E-state index contributed by atoms with van der Waals surface area (Å²) in [7, 11) is 0. The van der Waals surface area contributed by atoms with Gasteiger partial charge in [-0.15, -0.1) is 0 Å². The first-order valence-corrected chi connectivity index (χ1v) is 7.36. The van der Waals surface area contributed by atoms with Gasteiger partial charge in [-0.2, -0.15) is 0 Å². The van der Waals surface area contributed by atoms with Crippen LogP contribution in [0.5, 0.6) is 0 Å². The predicted octanol–water partition coefficient (Wildman–Crippen LogP) is 3.67. The van der Waals surface area contributed by atoms with Crippen LogP contribution in [0.3, 0.4) is 0 Å². The zero-order valence-corrected chi connectivity index (χ0v) is 13.0. The van der Waals surface area contributed by atoms with Gasteiger partial charge >= 0.3 is 0 Å². The minimum absolute atomic E-state index is 0.177. The van der Waals surface area contributed by atoms with Crippen LogP contribution < -0.4 is 0 Å². The van der Waals surface area contributed by atoms with Gasteiger partial charge in [0.15, 0.2) is 0 Å². The van der Waals surface area contributed by atoms with Crippen LogP contribution in [0, 0.1) is 5.41 Å². The number of nitrogens with zero attached hydrogens (tertiary/aromatic N) is 1. The summed E-state index contributed by atoms with van der Waals surface area (Å²) in [5.41, 5.74) is 0.0251. The first-order chi connectivity index (χ1) is 8.76. The van der Waals surface area contributed by atoms with Crippen molar-refractivity contribution in [3.05, 3.63) is 34.9 Å². The Morgan fingerprint density at radius 1 is 1.21 bits per heavy atom. The summed E-state index contributed by atoms with van der Waals surface area (Å²) >= 11 is 5.94. The zero-order chi connectivity index (χ0) is 14.3. The molecule has 1 atom stereocenters. The second kappa shape index (κ2) is 5.08. The van der Waals surface area contributed by atoms with E-state index in [4.69, 9.17) is 11.6 Å². The number of aliphatic hydroxyl groups is 1. The third-order valence-electron chi connectivity index (χ3n) is 4.53. The Morgan fingerprint density at radius 3 is 2.26 bits per heavy atom. The third kappa shape index (κ3) is 2.67. The number of halogens is 1. The van der Waals surface area contributed by atoms with E-state index in [1.54, 1.807) is 0 Å². The molecule has 2 rings (SSSR count). The third-order valence-corrected chi connectivity index (χ3v) is 4.78. The van der Waals surface area contributed by atoms with E-state index in [2.05, 4.69) is 32.6 Å². The summed E-state index contributed by atoms with van der Waals surface area (Å²) in [5, 5.41) is 11.9. The number of piperidine rings is 1. The maximum absolute atomic E-state index is 11.2. The molecule has 19 heavy (non-hydrogen) atoms. The number of hydrogen-bond acceptors (Lipinski definition) is 2. The van der Waals surface area contributed by atoms with E-state index in [9.17, 15) is 5.11 Å². The lowest BCUT2D eigenvalue weighted by Gasteiger charge is -2.51. The SMILES string of the molecule is CC(C)N1CCC(O)(c2ccc(Cl)cc2)C(C)(C)C1. The van der Waals surface area contributed by atoms with E-state index in [0.29, 0.717) is 11.1 Å². The van der Waals surface area contributed by atoms with Crippen molar-refractivity contribution in [1.82, 2.24) is 4.90 Å². The van der Waals surface area contributed by atoms with Crippen molar-refractivity contribution in [2.45, 2.75) is 45.8 Å². The molecule has 3 heteroatoms. The molecule has 1 heterocycles. The minimum Gasteiger partial charge on any atom is -0.385 e. The van der Waals surface area contributed by atoms with E-state index in [0.717, 1.165) is 25.1 Å². The average Bonchev–Trinajstić information content (AvgIpc) is 2.33. The molecule has 0 aliphatic carbocycles. The Balaban J connectivity index is 2.31. The van der Waals surface area contributed by atoms with Crippen molar-refractivity contribution in [1.29, 1.82) is 0 Å². The van der Waals surface area contributed by atoms with Crippen LogP contribution in [0.25, 0.3) is 0 Å². The summed E-state index contributed by atoms with van der Waals surface area (Å²) < 4.78 is 0. The fourth-order valence-corrected chi connectivity index (χ4v) is 3.19.